The molecule has 0 bridgehead atoms. The minimum Gasteiger partial charge on any atom is -0.496 e. The summed E-state index contributed by atoms with van der Waals surface area (Å²) in [7, 11) is 1.66. The van der Waals surface area contributed by atoms with Gasteiger partial charge in [-0.2, -0.15) is 0 Å². The first kappa shape index (κ1) is 13.5. The van der Waals surface area contributed by atoms with Gasteiger partial charge in [0, 0.05) is 17.5 Å². The topological polar surface area (TPSA) is 60.2 Å². The van der Waals surface area contributed by atoms with Crippen LogP contribution in [0.5, 0.6) is 5.75 Å². The third-order valence-electron chi connectivity index (χ3n) is 3.22. The molecule has 0 spiro atoms. The number of rotatable bonds is 4. The van der Waals surface area contributed by atoms with Crippen molar-refractivity contribution < 1.29 is 4.74 Å². The first-order chi connectivity index (χ1) is 9.17. The number of benzene rings is 1. The average Bonchev–Trinajstić information content (AvgIpc) is 2.42. The fraction of sp³-hybridized carbons (Fsp3) is 0.267. The van der Waals surface area contributed by atoms with Gasteiger partial charge in [-0.15, -0.1) is 0 Å². The third kappa shape index (κ3) is 2.75. The molecule has 2 rings (SSSR count). The van der Waals surface area contributed by atoms with E-state index in [0.717, 1.165) is 28.1 Å². The van der Waals surface area contributed by atoms with Crippen molar-refractivity contribution in [2.24, 2.45) is 5.84 Å². The predicted octanol–water partition coefficient (Wildman–Crippen LogP) is 2.26. The molecular weight excluding hydrogens is 238 g/mol. The zero-order valence-corrected chi connectivity index (χ0v) is 11.5. The van der Waals surface area contributed by atoms with Crippen molar-refractivity contribution >= 4 is 0 Å². The second-order valence-corrected chi connectivity index (χ2v) is 4.52. The molecule has 0 saturated carbocycles. The van der Waals surface area contributed by atoms with Crippen LogP contribution in [0, 0.1) is 13.8 Å². The normalized spacial score (nSPS) is 12.2. The number of nitrogens with zero attached hydrogens (tertiary/aromatic N) is 1. The Hall–Kier alpha value is -1.91. The van der Waals surface area contributed by atoms with E-state index < -0.39 is 0 Å². The fourth-order valence-corrected chi connectivity index (χ4v) is 2.23. The molecule has 2 aromatic rings. The van der Waals surface area contributed by atoms with Gasteiger partial charge in [-0.25, -0.2) is 5.43 Å². The molecule has 0 aliphatic heterocycles. The van der Waals surface area contributed by atoms with Crippen LogP contribution < -0.4 is 16.0 Å². The summed E-state index contributed by atoms with van der Waals surface area (Å²) in [5, 5.41) is 0. The number of hydrazine groups is 1. The van der Waals surface area contributed by atoms with Crippen molar-refractivity contribution in [3.63, 3.8) is 0 Å². The van der Waals surface area contributed by atoms with Crippen LogP contribution in [0.4, 0.5) is 0 Å². The van der Waals surface area contributed by atoms with Crippen LogP contribution in [0.3, 0.4) is 0 Å². The van der Waals surface area contributed by atoms with Gasteiger partial charge in [0.05, 0.1) is 13.2 Å². The first-order valence-electron chi connectivity index (χ1n) is 6.19. The van der Waals surface area contributed by atoms with E-state index in [-0.39, 0.29) is 6.04 Å². The molecule has 0 fully saturated rings. The van der Waals surface area contributed by atoms with Crippen molar-refractivity contribution in [1.29, 1.82) is 0 Å². The maximum atomic E-state index is 5.75. The van der Waals surface area contributed by atoms with E-state index in [9.17, 15) is 0 Å². The van der Waals surface area contributed by atoms with Gasteiger partial charge in [0.15, 0.2) is 0 Å². The van der Waals surface area contributed by atoms with Gasteiger partial charge in [-0.3, -0.25) is 10.8 Å². The average molecular weight is 257 g/mol. The first-order valence-corrected chi connectivity index (χ1v) is 6.19. The zero-order valence-electron chi connectivity index (χ0n) is 11.5. The molecule has 0 aliphatic carbocycles. The SMILES string of the molecule is COc1ccc(C)cc1C(NN)c1cccnc1C. The number of nitrogens with one attached hydrogen (secondary N) is 1. The van der Waals surface area contributed by atoms with Crippen molar-refractivity contribution in [2.75, 3.05) is 7.11 Å². The lowest BCUT2D eigenvalue weighted by atomic mass is 9.96. The van der Waals surface area contributed by atoms with Crippen LogP contribution in [-0.2, 0) is 0 Å². The molecule has 100 valence electrons. The summed E-state index contributed by atoms with van der Waals surface area (Å²) in [5.74, 6) is 6.56. The predicted molar refractivity (Wildman–Crippen MR) is 75.9 cm³/mol. The number of hydrogen-bond donors (Lipinski definition) is 2. The highest BCUT2D eigenvalue weighted by atomic mass is 16.5. The molecule has 1 unspecified atom stereocenters. The molecule has 1 heterocycles. The highest BCUT2D eigenvalue weighted by Gasteiger charge is 2.19. The number of nitrogens with two attached hydrogens (primary N) is 1. The second-order valence-electron chi connectivity index (χ2n) is 4.52. The van der Waals surface area contributed by atoms with Crippen LogP contribution >= 0.6 is 0 Å². The molecule has 0 radical (unpaired) electrons. The number of aromatic nitrogens is 1. The molecule has 1 atom stereocenters. The van der Waals surface area contributed by atoms with Gasteiger partial charge in [0.1, 0.15) is 5.75 Å². The molecule has 0 amide bonds. The molecule has 0 aliphatic rings. The Morgan fingerprint density at radius 2 is 2.00 bits per heavy atom. The molecule has 19 heavy (non-hydrogen) atoms. The minimum absolute atomic E-state index is 0.136. The van der Waals surface area contributed by atoms with Crippen LogP contribution in [0.15, 0.2) is 36.5 Å². The third-order valence-corrected chi connectivity index (χ3v) is 3.22. The van der Waals surface area contributed by atoms with E-state index in [1.54, 1.807) is 13.3 Å². The largest absolute Gasteiger partial charge is 0.496 e. The maximum Gasteiger partial charge on any atom is 0.124 e. The van der Waals surface area contributed by atoms with E-state index in [2.05, 4.69) is 16.5 Å². The highest BCUT2D eigenvalue weighted by molar-refractivity contribution is 5.44. The lowest BCUT2D eigenvalue weighted by molar-refractivity contribution is 0.404. The van der Waals surface area contributed by atoms with Gasteiger partial charge < -0.3 is 4.74 Å². The molecule has 1 aromatic heterocycles. The summed E-state index contributed by atoms with van der Waals surface area (Å²) in [6.07, 6.45) is 1.78. The van der Waals surface area contributed by atoms with Gasteiger partial charge in [-0.1, -0.05) is 23.8 Å². The lowest BCUT2D eigenvalue weighted by Crippen LogP contribution is -2.30. The Kier molecular flexibility index (Phi) is 4.14. The lowest BCUT2D eigenvalue weighted by Gasteiger charge is -2.21. The molecule has 4 heteroatoms. The zero-order chi connectivity index (χ0) is 13.8. The van der Waals surface area contributed by atoms with E-state index in [0.29, 0.717) is 0 Å². The van der Waals surface area contributed by atoms with E-state index in [1.807, 2.05) is 38.1 Å². The van der Waals surface area contributed by atoms with Crippen molar-refractivity contribution in [3.8, 4) is 5.75 Å². The van der Waals surface area contributed by atoms with Gasteiger partial charge >= 0.3 is 0 Å². The molecule has 1 aromatic carbocycles. The Bertz CT molecular complexity index is 569. The van der Waals surface area contributed by atoms with Crippen molar-refractivity contribution in [1.82, 2.24) is 10.4 Å². The minimum atomic E-state index is -0.136. The van der Waals surface area contributed by atoms with Crippen LogP contribution in [0.25, 0.3) is 0 Å². The fourth-order valence-electron chi connectivity index (χ4n) is 2.23. The maximum absolute atomic E-state index is 5.75. The monoisotopic (exact) mass is 257 g/mol. The summed E-state index contributed by atoms with van der Waals surface area (Å²) in [5.41, 5.74) is 7.04. The summed E-state index contributed by atoms with van der Waals surface area (Å²) in [6.45, 7) is 4.02. The van der Waals surface area contributed by atoms with Crippen LogP contribution in [-0.4, -0.2) is 12.1 Å². The summed E-state index contributed by atoms with van der Waals surface area (Å²) >= 11 is 0. The molecular formula is C15H19N3O. The number of hydrogen-bond acceptors (Lipinski definition) is 4. The van der Waals surface area contributed by atoms with Crippen molar-refractivity contribution in [2.45, 2.75) is 19.9 Å². The molecule has 0 saturated heterocycles. The summed E-state index contributed by atoms with van der Waals surface area (Å²) in [4.78, 5) is 4.32. The summed E-state index contributed by atoms with van der Waals surface area (Å²) < 4.78 is 5.43. The number of pyridine rings is 1. The second kappa shape index (κ2) is 5.82. The highest BCUT2D eigenvalue weighted by Crippen LogP contribution is 2.31. The van der Waals surface area contributed by atoms with Gasteiger partial charge in [-0.05, 0) is 31.5 Å². The van der Waals surface area contributed by atoms with Crippen molar-refractivity contribution in [3.05, 3.63) is 58.9 Å². The number of aryl methyl sites for hydroxylation is 2. The standard InChI is InChI=1S/C15H19N3O/c1-10-6-7-14(19-3)13(9-10)15(18-16)12-5-4-8-17-11(12)2/h4-9,15,18H,16H2,1-3H3. The smallest absolute Gasteiger partial charge is 0.124 e. The van der Waals surface area contributed by atoms with Gasteiger partial charge in [0.2, 0.25) is 0 Å². The van der Waals surface area contributed by atoms with Crippen LogP contribution in [0.2, 0.25) is 0 Å². The quantitative estimate of drug-likeness (QED) is 0.651. The van der Waals surface area contributed by atoms with E-state index in [4.69, 9.17) is 10.6 Å². The van der Waals surface area contributed by atoms with Gasteiger partial charge in [0.25, 0.3) is 0 Å². The Morgan fingerprint density at radius 3 is 2.63 bits per heavy atom. The summed E-state index contributed by atoms with van der Waals surface area (Å²) in [6, 6.07) is 9.86. The van der Waals surface area contributed by atoms with Crippen LogP contribution in [0.1, 0.15) is 28.4 Å². The van der Waals surface area contributed by atoms with E-state index >= 15 is 0 Å². The number of ether oxygens (including phenoxy) is 1. The Morgan fingerprint density at radius 1 is 1.21 bits per heavy atom. The Balaban J connectivity index is 2.54. The van der Waals surface area contributed by atoms with E-state index in [1.165, 1.54) is 0 Å². The molecule has 3 N–H and O–H groups in total. The number of methoxy groups -OCH3 is 1. The molecule has 4 nitrogen and oxygen atoms in total. The Labute approximate surface area is 113 Å².